The summed E-state index contributed by atoms with van der Waals surface area (Å²) in [7, 11) is 3.46. The first-order chi connectivity index (χ1) is 8.45. The molecule has 1 atom stereocenters. The summed E-state index contributed by atoms with van der Waals surface area (Å²) in [6, 6.07) is 7.76. The third-order valence-electron chi connectivity index (χ3n) is 2.75. The van der Waals surface area contributed by atoms with Gasteiger partial charge in [-0.15, -0.1) is 0 Å². The third kappa shape index (κ3) is 4.02. The highest BCUT2D eigenvalue weighted by Crippen LogP contribution is 2.18. The second kappa shape index (κ2) is 6.78. The Morgan fingerprint density at radius 2 is 2.11 bits per heavy atom. The number of methoxy groups -OCH3 is 1. The van der Waals surface area contributed by atoms with Crippen molar-refractivity contribution < 1.29 is 9.53 Å². The highest BCUT2D eigenvalue weighted by atomic mass is 79.9. The number of carbonyl (C=O) groups is 1. The molecule has 1 amide bonds. The Hall–Kier alpha value is -1.03. The zero-order valence-electron chi connectivity index (χ0n) is 11.3. The molecule has 4 heteroatoms. The Labute approximate surface area is 117 Å². The van der Waals surface area contributed by atoms with E-state index >= 15 is 0 Å². The molecule has 0 N–H and O–H groups in total. The standard InChI is InChI=1S/C14H20BrNO2/c1-10(2)13(15)14(17)16(3)9-11-6-5-7-12(8-11)18-4/h5-8,10,13H,9H2,1-4H3. The SMILES string of the molecule is COc1cccc(CN(C)C(=O)C(Br)C(C)C)c1. The molecule has 100 valence electrons. The van der Waals surface area contributed by atoms with Crippen LogP contribution in [0, 0.1) is 5.92 Å². The summed E-state index contributed by atoms with van der Waals surface area (Å²) in [5.74, 6) is 1.20. The molecule has 1 aromatic rings. The maximum Gasteiger partial charge on any atom is 0.236 e. The zero-order valence-corrected chi connectivity index (χ0v) is 12.9. The van der Waals surface area contributed by atoms with Crippen molar-refractivity contribution >= 4 is 21.8 Å². The molecular weight excluding hydrogens is 294 g/mol. The Morgan fingerprint density at radius 3 is 2.67 bits per heavy atom. The molecule has 0 aliphatic heterocycles. The molecular formula is C14H20BrNO2. The van der Waals surface area contributed by atoms with Gasteiger partial charge in [0.25, 0.3) is 0 Å². The van der Waals surface area contributed by atoms with Crippen LogP contribution in [0.4, 0.5) is 0 Å². The van der Waals surface area contributed by atoms with Crippen LogP contribution in [0.25, 0.3) is 0 Å². The molecule has 0 fully saturated rings. The fraction of sp³-hybridized carbons (Fsp3) is 0.500. The molecule has 0 spiro atoms. The number of rotatable bonds is 5. The van der Waals surface area contributed by atoms with Gasteiger partial charge in [0.05, 0.1) is 11.9 Å². The predicted octanol–water partition coefficient (Wildman–Crippen LogP) is 3.07. The molecule has 0 aliphatic rings. The molecule has 1 aromatic carbocycles. The minimum atomic E-state index is -0.131. The molecule has 0 radical (unpaired) electrons. The van der Waals surface area contributed by atoms with E-state index < -0.39 is 0 Å². The van der Waals surface area contributed by atoms with Crippen molar-refractivity contribution in [1.29, 1.82) is 0 Å². The highest BCUT2D eigenvalue weighted by molar-refractivity contribution is 9.10. The fourth-order valence-electron chi connectivity index (χ4n) is 1.62. The number of ether oxygens (including phenoxy) is 1. The number of amides is 1. The summed E-state index contributed by atoms with van der Waals surface area (Å²) in [6.07, 6.45) is 0. The van der Waals surface area contributed by atoms with Gasteiger partial charge in [0.1, 0.15) is 5.75 Å². The van der Waals surface area contributed by atoms with Gasteiger partial charge in [-0.3, -0.25) is 4.79 Å². The lowest BCUT2D eigenvalue weighted by Gasteiger charge is -2.22. The summed E-state index contributed by atoms with van der Waals surface area (Å²) in [5.41, 5.74) is 1.06. The topological polar surface area (TPSA) is 29.5 Å². The maximum atomic E-state index is 12.1. The average Bonchev–Trinajstić information content (AvgIpc) is 2.36. The minimum Gasteiger partial charge on any atom is -0.497 e. The number of hydrogen-bond donors (Lipinski definition) is 0. The van der Waals surface area contributed by atoms with Gasteiger partial charge in [-0.2, -0.15) is 0 Å². The molecule has 0 heterocycles. The van der Waals surface area contributed by atoms with Crippen molar-refractivity contribution in [2.24, 2.45) is 5.92 Å². The van der Waals surface area contributed by atoms with E-state index in [4.69, 9.17) is 4.74 Å². The highest BCUT2D eigenvalue weighted by Gasteiger charge is 2.22. The van der Waals surface area contributed by atoms with Crippen LogP contribution in [-0.2, 0) is 11.3 Å². The van der Waals surface area contributed by atoms with Crippen molar-refractivity contribution in [1.82, 2.24) is 4.90 Å². The summed E-state index contributed by atoms with van der Waals surface area (Å²) in [4.78, 5) is 13.7. The van der Waals surface area contributed by atoms with Crippen molar-refractivity contribution in [2.75, 3.05) is 14.2 Å². The van der Waals surface area contributed by atoms with Crippen LogP contribution in [0.15, 0.2) is 24.3 Å². The van der Waals surface area contributed by atoms with E-state index in [1.54, 1.807) is 12.0 Å². The molecule has 0 saturated carbocycles. The van der Waals surface area contributed by atoms with E-state index in [1.807, 2.05) is 45.2 Å². The summed E-state index contributed by atoms with van der Waals surface area (Å²) < 4.78 is 5.17. The smallest absolute Gasteiger partial charge is 0.236 e. The summed E-state index contributed by atoms with van der Waals surface area (Å²) in [6.45, 7) is 4.64. The number of benzene rings is 1. The van der Waals surface area contributed by atoms with E-state index in [-0.39, 0.29) is 16.7 Å². The maximum absolute atomic E-state index is 12.1. The van der Waals surface area contributed by atoms with Gasteiger partial charge in [-0.25, -0.2) is 0 Å². The summed E-state index contributed by atoms with van der Waals surface area (Å²) in [5, 5.41) is 0. The lowest BCUT2D eigenvalue weighted by atomic mass is 10.1. The molecule has 3 nitrogen and oxygen atoms in total. The number of alkyl halides is 1. The second-order valence-electron chi connectivity index (χ2n) is 4.69. The van der Waals surface area contributed by atoms with Crippen LogP contribution >= 0.6 is 15.9 Å². The largest absolute Gasteiger partial charge is 0.497 e. The monoisotopic (exact) mass is 313 g/mol. The van der Waals surface area contributed by atoms with E-state index in [0.717, 1.165) is 11.3 Å². The van der Waals surface area contributed by atoms with Crippen LogP contribution in [0.3, 0.4) is 0 Å². The van der Waals surface area contributed by atoms with E-state index in [2.05, 4.69) is 15.9 Å². The Bertz CT molecular complexity index is 407. The van der Waals surface area contributed by atoms with E-state index in [9.17, 15) is 4.79 Å². The number of hydrogen-bond acceptors (Lipinski definition) is 2. The molecule has 0 saturated heterocycles. The lowest BCUT2D eigenvalue weighted by molar-refractivity contribution is -0.130. The summed E-state index contributed by atoms with van der Waals surface area (Å²) >= 11 is 3.43. The van der Waals surface area contributed by atoms with Crippen LogP contribution < -0.4 is 4.74 Å². The number of nitrogens with zero attached hydrogens (tertiary/aromatic N) is 1. The average molecular weight is 314 g/mol. The van der Waals surface area contributed by atoms with Gasteiger partial charge in [-0.1, -0.05) is 41.9 Å². The normalized spacial score (nSPS) is 12.3. The number of carbonyl (C=O) groups excluding carboxylic acids is 1. The van der Waals surface area contributed by atoms with Crippen molar-refractivity contribution in [2.45, 2.75) is 25.2 Å². The second-order valence-corrected chi connectivity index (χ2v) is 5.68. The molecule has 1 rings (SSSR count). The van der Waals surface area contributed by atoms with Crippen LogP contribution in [0.1, 0.15) is 19.4 Å². The van der Waals surface area contributed by atoms with Gasteiger partial charge >= 0.3 is 0 Å². The van der Waals surface area contributed by atoms with Crippen LogP contribution in [-0.4, -0.2) is 29.8 Å². The van der Waals surface area contributed by atoms with Gasteiger partial charge < -0.3 is 9.64 Å². The van der Waals surface area contributed by atoms with Gasteiger partial charge in [0.15, 0.2) is 0 Å². The molecule has 1 unspecified atom stereocenters. The minimum absolute atomic E-state index is 0.104. The van der Waals surface area contributed by atoms with Crippen molar-refractivity contribution in [3.63, 3.8) is 0 Å². The Morgan fingerprint density at radius 1 is 1.44 bits per heavy atom. The molecule has 0 bridgehead atoms. The Balaban J connectivity index is 2.69. The zero-order chi connectivity index (χ0) is 13.7. The lowest BCUT2D eigenvalue weighted by Crippen LogP contribution is -2.35. The van der Waals surface area contributed by atoms with E-state index in [1.165, 1.54) is 0 Å². The molecule has 18 heavy (non-hydrogen) atoms. The first kappa shape index (κ1) is 15.0. The van der Waals surface area contributed by atoms with Crippen molar-refractivity contribution in [3.05, 3.63) is 29.8 Å². The first-order valence-corrected chi connectivity index (χ1v) is 6.89. The van der Waals surface area contributed by atoms with Gasteiger partial charge in [0, 0.05) is 13.6 Å². The first-order valence-electron chi connectivity index (χ1n) is 5.97. The number of halogens is 1. The van der Waals surface area contributed by atoms with Crippen molar-refractivity contribution in [3.8, 4) is 5.75 Å². The van der Waals surface area contributed by atoms with Gasteiger partial charge in [-0.05, 0) is 23.6 Å². The van der Waals surface area contributed by atoms with Gasteiger partial charge in [0.2, 0.25) is 5.91 Å². The molecule has 0 aliphatic carbocycles. The van der Waals surface area contributed by atoms with Crippen LogP contribution in [0.2, 0.25) is 0 Å². The fourth-order valence-corrected chi connectivity index (χ4v) is 1.97. The predicted molar refractivity (Wildman–Crippen MR) is 77.0 cm³/mol. The van der Waals surface area contributed by atoms with Crippen LogP contribution in [0.5, 0.6) is 5.75 Å². The third-order valence-corrected chi connectivity index (χ3v) is 4.20. The quantitative estimate of drug-likeness (QED) is 0.782. The van der Waals surface area contributed by atoms with E-state index in [0.29, 0.717) is 6.54 Å². The Kier molecular flexibility index (Phi) is 5.66. The molecule has 0 aromatic heterocycles.